The molecule has 3 rings (SSSR count). The lowest BCUT2D eigenvalue weighted by Gasteiger charge is -2.20. The van der Waals surface area contributed by atoms with Crippen LogP contribution in [0.3, 0.4) is 0 Å². The first-order valence-electron chi connectivity index (χ1n) is 7.23. The first kappa shape index (κ1) is 15.1. The van der Waals surface area contributed by atoms with Crippen molar-refractivity contribution in [3.8, 4) is 0 Å². The Hall–Kier alpha value is -1.86. The van der Waals surface area contributed by atoms with E-state index >= 15 is 0 Å². The molecule has 1 aliphatic heterocycles. The molecule has 1 atom stereocenters. The summed E-state index contributed by atoms with van der Waals surface area (Å²) in [6, 6.07) is 6.48. The van der Waals surface area contributed by atoms with Crippen LogP contribution in [0.4, 0.5) is 4.39 Å². The summed E-state index contributed by atoms with van der Waals surface area (Å²) >= 11 is 1.50. The first-order chi connectivity index (χ1) is 10.5. The van der Waals surface area contributed by atoms with Gasteiger partial charge in [0.05, 0.1) is 5.70 Å². The van der Waals surface area contributed by atoms with Gasteiger partial charge in [-0.25, -0.2) is 9.07 Å². The van der Waals surface area contributed by atoms with Crippen LogP contribution in [0.5, 0.6) is 0 Å². The van der Waals surface area contributed by atoms with Crippen LogP contribution in [0.15, 0.2) is 34.8 Å². The van der Waals surface area contributed by atoms with Gasteiger partial charge in [0.15, 0.2) is 0 Å². The molecular formula is C15H19FN5S+. The van der Waals surface area contributed by atoms with E-state index in [0.29, 0.717) is 5.92 Å². The number of hydrogen-bond acceptors (Lipinski definition) is 4. The van der Waals surface area contributed by atoms with E-state index in [-0.39, 0.29) is 11.9 Å². The molecule has 0 aliphatic carbocycles. The molecule has 0 spiro atoms. The van der Waals surface area contributed by atoms with Gasteiger partial charge in [-0.2, -0.15) is 0 Å². The van der Waals surface area contributed by atoms with Crippen molar-refractivity contribution < 1.29 is 10.1 Å². The molecule has 7 heteroatoms. The van der Waals surface area contributed by atoms with E-state index in [9.17, 15) is 4.39 Å². The summed E-state index contributed by atoms with van der Waals surface area (Å²) in [4.78, 5) is 0. The average Bonchev–Trinajstić information content (AvgIpc) is 2.90. The topological polar surface area (TPSA) is 70.4 Å². The van der Waals surface area contributed by atoms with E-state index in [1.54, 1.807) is 12.1 Å². The molecule has 116 valence electrons. The molecule has 0 unspecified atom stereocenters. The third kappa shape index (κ3) is 3.00. The maximum atomic E-state index is 13.1. The Bertz CT molecular complexity index is 692. The smallest absolute Gasteiger partial charge is 0.214 e. The third-order valence-electron chi connectivity index (χ3n) is 3.45. The van der Waals surface area contributed by atoms with Gasteiger partial charge in [-0.15, -0.1) is 10.2 Å². The first-order valence-corrected chi connectivity index (χ1v) is 8.10. The van der Waals surface area contributed by atoms with Crippen molar-refractivity contribution in [3.05, 3.63) is 46.9 Å². The van der Waals surface area contributed by atoms with Gasteiger partial charge in [-0.1, -0.05) is 25.6 Å². The highest BCUT2D eigenvalue weighted by Gasteiger charge is 2.25. The highest BCUT2D eigenvalue weighted by Crippen LogP contribution is 2.30. The number of quaternary nitrogens is 1. The van der Waals surface area contributed by atoms with Crippen molar-refractivity contribution in [1.29, 1.82) is 0 Å². The Morgan fingerprint density at radius 3 is 2.68 bits per heavy atom. The number of nitrogens with zero attached hydrogens (tertiary/aromatic N) is 3. The monoisotopic (exact) mass is 320 g/mol. The summed E-state index contributed by atoms with van der Waals surface area (Å²) in [6.45, 7) is 4.33. The number of rotatable bonds is 4. The number of thioether (sulfide) groups is 1. The molecule has 0 amide bonds. The number of benzene rings is 1. The molecule has 1 aromatic carbocycles. The Labute approximate surface area is 132 Å². The summed E-state index contributed by atoms with van der Waals surface area (Å²) in [7, 11) is 0. The predicted molar refractivity (Wildman–Crippen MR) is 84.7 cm³/mol. The zero-order chi connectivity index (χ0) is 15.7. The van der Waals surface area contributed by atoms with Crippen LogP contribution in [-0.2, 0) is 0 Å². The van der Waals surface area contributed by atoms with Gasteiger partial charge >= 0.3 is 0 Å². The van der Waals surface area contributed by atoms with Crippen LogP contribution in [0, 0.1) is 11.7 Å². The standard InChI is InChI=1S/C15H18FN5S/c1-9(2)7-12(17)14-18-19-15-21(14)20-13(8-22-15)10-3-5-11(16)6-4-10/h3-6,8-9,12,20H,7,17H2,1-2H3/p+1/t12-/m0/s1. The van der Waals surface area contributed by atoms with Gasteiger partial charge in [0.1, 0.15) is 11.9 Å². The second kappa shape index (κ2) is 6.10. The van der Waals surface area contributed by atoms with E-state index < -0.39 is 0 Å². The molecule has 0 saturated carbocycles. The second-order valence-corrected chi connectivity index (χ2v) is 6.61. The molecule has 0 saturated heterocycles. The second-order valence-electron chi connectivity index (χ2n) is 5.77. The summed E-state index contributed by atoms with van der Waals surface area (Å²) in [6.07, 6.45) is 0.945. The van der Waals surface area contributed by atoms with Crippen molar-refractivity contribution in [2.75, 3.05) is 5.43 Å². The minimum atomic E-state index is -0.242. The van der Waals surface area contributed by atoms with Crippen molar-refractivity contribution >= 4 is 17.5 Å². The fourth-order valence-electron chi connectivity index (χ4n) is 2.42. The SMILES string of the molecule is CC(C)C[C@H]([NH3+])c1nnc2n1NC(c1ccc(F)cc1)=CS2. The average molecular weight is 320 g/mol. The Morgan fingerprint density at radius 2 is 2.00 bits per heavy atom. The maximum Gasteiger partial charge on any atom is 0.214 e. The molecule has 2 aromatic rings. The van der Waals surface area contributed by atoms with Gasteiger partial charge < -0.3 is 5.73 Å². The maximum absolute atomic E-state index is 13.1. The molecule has 1 aromatic heterocycles. The van der Waals surface area contributed by atoms with Crippen molar-refractivity contribution in [2.24, 2.45) is 5.92 Å². The van der Waals surface area contributed by atoms with Crippen LogP contribution in [0.1, 0.15) is 37.7 Å². The molecule has 1 aliphatic rings. The van der Waals surface area contributed by atoms with Gasteiger partial charge in [-0.05, 0) is 30.2 Å². The zero-order valence-corrected chi connectivity index (χ0v) is 13.4. The minimum Gasteiger partial charge on any atom is -0.349 e. The summed E-state index contributed by atoms with van der Waals surface area (Å²) < 4.78 is 14.9. The summed E-state index contributed by atoms with van der Waals surface area (Å²) in [5.41, 5.74) is 9.32. The van der Waals surface area contributed by atoms with E-state index in [4.69, 9.17) is 0 Å². The lowest BCUT2D eigenvalue weighted by molar-refractivity contribution is -0.432. The van der Waals surface area contributed by atoms with Crippen LogP contribution < -0.4 is 11.2 Å². The molecule has 5 nitrogen and oxygen atoms in total. The largest absolute Gasteiger partial charge is 0.349 e. The Balaban J connectivity index is 1.85. The van der Waals surface area contributed by atoms with Crippen LogP contribution >= 0.6 is 11.8 Å². The molecule has 4 N–H and O–H groups in total. The highest BCUT2D eigenvalue weighted by molar-refractivity contribution is 8.02. The number of fused-ring (bicyclic) bond motifs is 1. The van der Waals surface area contributed by atoms with E-state index in [1.165, 1.54) is 23.9 Å². The van der Waals surface area contributed by atoms with Gasteiger partial charge in [0.25, 0.3) is 0 Å². The third-order valence-corrected chi connectivity index (χ3v) is 4.28. The van der Waals surface area contributed by atoms with Crippen LogP contribution in [0.25, 0.3) is 5.70 Å². The summed E-state index contributed by atoms with van der Waals surface area (Å²) in [5, 5.41) is 11.2. The van der Waals surface area contributed by atoms with Gasteiger partial charge in [-0.3, -0.25) is 5.43 Å². The van der Waals surface area contributed by atoms with E-state index in [1.807, 2.05) is 10.1 Å². The zero-order valence-electron chi connectivity index (χ0n) is 12.6. The Morgan fingerprint density at radius 1 is 1.27 bits per heavy atom. The Kier molecular flexibility index (Phi) is 4.17. The number of aromatic nitrogens is 3. The molecule has 0 radical (unpaired) electrons. The number of nitrogens with one attached hydrogen (secondary N) is 1. The van der Waals surface area contributed by atoms with Crippen molar-refractivity contribution in [2.45, 2.75) is 31.5 Å². The lowest BCUT2D eigenvalue weighted by Crippen LogP contribution is -2.55. The molecular weight excluding hydrogens is 301 g/mol. The predicted octanol–water partition coefficient (Wildman–Crippen LogP) is 2.39. The lowest BCUT2D eigenvalue weighted by atomic mass is 10.0. The minimum absolute atomic E-state index is 0.0712. The van der Waals surface area contributed by atoms with Gasteiger partial charge in [0, 0.05) is 17.4 Å². The summed E-state index contributed by atoms with van der Waals surface area (Å²) in [5.74, 6) is 1.12. The quantitative estimate of drug-likeness (QED) is 0.907. The van der Waals surface area contributed by atoms with E-state index in [0.717, 1.165) is 28.7 Å². The van der Waals surface area contributed by atoms with Crippen molar-refractivity contribution in [3.63, 3.8) is 0 Å². The van der Waals surface area contributed by atoms with Crippen LogP contribution in [0.2, 0.25) is 0 Å². The molecule has 0 fully saturated rings. The number of hydrogen-bond donors (Lipinski definition) is 2. The normalized spacial score (nSPS) is 15.2. The molecule has 0 bridgehead atoms. The van der Waals surface area contributed by atoms with Crippen LogP contribution in [-0.4, -0.2) is 14.9 Å². The molecule has 2 heterocycles. The molecule has 22 heavy (non-hydrogen) atoms. The fourth-order valence-corrected chi connectivity index (χ4v) is 3.17. The fraction of sp³-hybridized carbons (Fsp3) is 0.333. The number of halogens is 1. The van der Waals surface area contributed by atoms with Crippen molar-refractivity contribution in [1.82, 2.24) is 14.9 Å². The van der Waals surface area contributed by atoms with Gasteiger partial charge in [0.2, 0.25) is 11.0 Å². The highest BCUT2D eigenvalue weighted by atomic mass is 32.2. The van der Waals surface area contributed by atoms with E-state index in [2.05, 4.69) is 35.2 Å².